The molecule has 1 aliphatic rings. The normalized spacial score (nSPS) is 31.9. The van der Waals surface area contributed by atoms with Crippen LogP contribution in [0.1, 0.15) is 18.8 Å². The third-order valence-corrected chi connectivity index (χ3v) is 3.73. The predicted octanol–water partition coefficient (Wildman–Crippen LogP) is -0.260. The van der Waals surface area contributed by atoms with Gasteiger partial charge in [0.15, 0.2) is 6.23 Å². The summed E-state index contributed by atoms with van der Waals surface area (Å²) in [5.41, 5.74) is 1.45. The van der Waals surface area contributed by atoms with E-state index in [4.69, 9.17) is 4.74 Å². The Hall–Kier alpha value is -1.54. The van der Waals surface area contributed by atoms with Gasteiger partial charge < -0.3 is 24.6 Å². The Labute approximate surface area is 115 Å². The molecule has 3 rings (SSSR count). The Kier molecular flexibility index (Phi) is 3.21. The molecule has 5 atom stereocenters. The van der Waals surface area contributed by atoms with Crippen LogP contribution in [0.15, 0.2) is 18.6 Å². The first kappa shape index (κ1) is 13.4. The van der Waals surface area contributed by atoms with Crippen LogP contribution in [0.4, 0.5) is 0 Å². The molecular formula is C13H17N3O4. The first-order valence-electron chi connectivity index (χ1n) is 6.48. The van der Waals surface area contributed by atoms with Crippen LogP contribution in [0.25, 0.3) is 11.0 Å². The van der Waals surface area contributed by atoms with Gasteiger partial charge in [0.2, 0.25) is 0 Å². The number of fused-ring (bicyclic) bond motifs is 1. The molecule has 7 nitrogen and oxygen atoms in total. The summed E-state index contributed by atoms with van der Waals surface area (Å²) in [6.45, 7) is 3.39. The lowest BCUT2D eigenvalue weighted by molar-refractivity contribution is -0.0775. The van der Waals surface area contributed by atoms with Crippen molar-refractivity contribution in [1.82, 2.24) is 14.5 Å². The fraction of sp³-hybridized carbons (Fsp3) is 0.538. The summed E-state index contributed by atoms with van der Waals surface area (Å²) in [6, 6.07) is 1.84. The molecule has 0 unspecified atom stereocenters. The highest BCUT2D eigenvalue weighted by atomic mass is 16.6. The molecule has 0 aliphatic carbocycles. The van der Waals surface area contributed by atoms with Gasteiger partial charge in [-0.2, -0.15) is 0 Å². The molecular weight excluding hydrogens is 262 g/mol. The third-order valence-electron chi connectivity index (χ3n) is 3.73. The van der Waals surface area contributed by atoms with Gasteiger partial charge >= 0.3 is 0 Å². The lowest BCUT2D eigenvalue weighted by atomic mass is 10.1. The van der Waals surface area contributed by atoms with Gasteiger partial charge in [-0.05, 0) is 19.9 Å². The van der Waals surface area contributed by atoms with E-state index in [1.165, 1.54) is 13.3 Å². The fourth-order valence-electron chi connectivity index (χ4n) is 2.62. The van der Waals surface area contributed by atoms with Crippen molar-refractivity contribution in [2.75, 3.05) is 0 Å². The molecule has 0 radical (unpaired) electrons. The first-order chi connectivity index (χ1) is 9.50. The number of ether oxygens (including phenoxy) is 1. The quantitative estimate of drug-likeness (QED) is 0.700. The second-order valence-electron chi connectivity index (χ2n) is 5.13. The predicted molar refractivity (Wildman–Crippen MR) is 69.9 cm³/mol. The van der Waals surface area contributed by atoms with Crippen LogP contribution in [0.5, 0.6) is 0 Å². The third kappa shape index (κ3) is 1.90. The van der Waals surface area contributed by atoms with Gasteiger partial charge in [-0.1, -0.05) is 0 Å². The van der Waals surface area contributed by atoms with Crippen molar-refractivity contribution in [1.29, 1.82) is 0 Å². The fourth-order valence-corrected chi connectivity index (χ4v) is 2.62. The van der Waals surface area contributed by atoms with Crippen molar-refractivity contribution in [3.8, 4) is 0 Å². The summed E-state index contributed by atoms with van der Waals surface area (Å²) in [5, 5.41) is 30.5. The summed E-state index contributed by atoms with van der Waals surface area (Å²) < 4.78 is 7.25. The van der Waals surface area contributed by atoms with Crippen LogP contribution in [0, 0.1) is 6.92 Å². The van der Waals surface area contributed by atoms with Gasteiger partial charge in [0.1, 0.15) is 30.3 Å². The SMILES string of the molecule is Cc1ncnc2c1ccn2[C@@H]1O[C@@H]([C@@H](C)O)[C@@H](O)[C@H]1O. The Morgan fingerprint density at radius 2 is 2.05 bits per heavy atom. The Morgan fingerprint density at radius 3 is 2.70 bits per heavy atom. The number of hydrogen-bond donors (Lipinski definition) is 3. The molecule has 0 saturated carbocycles. The Morgan fingerprint density at radius 1 is 1.30 bits per heavy atom. The van der Waals surface area contributed by atoms with Crippen molar-refractivity contribution >= 4 is 11.0 Å². The van der Waals surface area contributed by atoms with E-state index in [2.05, 4.69) is 9.97 Å². The van der Waals surface area contributed by atoms with E-state index in [1.54, 1.807) is 10.8 Å². The Bertz CT molecular complexity index is 627. The maximum atomic E-state index is 10.1. The molecule has 0 aromatic carbocycles. The smallest absolute Gasteiger partial charge is 0.164 e. The molecule has 7 heteroatoms. The van der Waals surface area contributed by atoms with Crippen molar-refractivity contribution < 1.29 is 20.1 Å². The molecule has 2 aromatic heterocycles. The van der Waals surface area contributed by atoms with Crippen molar-refractivity contribution in [2.45, 2.75) is 44.5 Å². The molecule has 3 N–H and O–H groups in total. The summed E-state index contributed by atoms with van der Waals surface area (Å²) in [6.07, 6.45) is -1.56. The van der Waals surface area contributed by atoms with E-state index >= 15 is 0 Å². The van der Waals surface area contributed by atoms with E-state index in [1.807, 2.05) is 13.0 Å². The van der Waals surface area contributed by atoms with Crippen molar-refractivity contribution in [3.63, 3.8) is 0 Å². The van der Waals surface area contributed by atoms with Crippen LogP contribution < -0.4 is 0 Å². The van der Waals surface area contributed by atoms with Gasteiger partial charge in [0.05, 0.1) is 11.8 Å². The van der Waals surface area contributed by atoms with Gasteiger partial charge in [0, 0.05) is 11.6 Å². The Balaban J connectivity index is 2.02. The van der Waals surface area contributed by atoms with E-state index in [9.17, 15) is 15.3 Å². The van der Waals surface area contributed by atoms with E-state index in [-0.39, 0.29) is 0 Å². The van der Waals surface area contributed by atoms with E-state index < -0.39 is 30.6 Å². The zero-order valence-corrected chi connectivity index (χ0v) is 11.2. The maximum Gasteiger partial charge on any atom is 0.164 e. The molecule has 0 amide bonds. The number of aromatic nitrogens is 3. The topological polar surface area (TPSA) is 101 Å². The molecule has 2 aromatic rings. The van der Waals surface area contributed by atoms with Gasteiger partial charge in [0.25, 0.3) is 0 Å². The van der Waals surface area contributed by atoms with Gasteiger partial charge in [-0.15, -0.1) is 0 Å². The molecule has 0 spiro atoms. The second kappa shape index (κ2) is 4.78. The number of aliphatic hydroxyl groups excluding tert-OH is 3. The zero-order valence-electron chi connectivity index (χ0n) is 11.2. The van der Waals surface area contributed by atoms with Crippen LogP contribution in [0.2, 0.25) is 0 Å². The highest BCUT2D eigenvalue weighted by molar-refractivity contribution is 5.78. The second-order valence-corrected chi connectivity index (χ2v) is 5.13. The van der Waals surface area contributed by atoms with Crippen molar-refractivity contribution in [3.05, 3.63) is 24.3 Å². The standard InChI is InChI=1S/C13H17N3O4/c1-6-8-3-4-16(12(8)15-5-14-6)13-10(19)9(18)11(20-13)7(2)17/h3-5,7,9-11,13,17-19H,1-2H3/t7-,9+,10-,11+,13-/m1/s1. The molecule has 20 heavy (non-hydrogen) atoms. The van der Waals surface area contributed by atoms with E-state index in [0.717, 1.165) is 11.1 Å². The van der Waals surface area contributed by atoms with Gasteiger partial charge in [-0.3, -0.25) is 0 Å². The van der Waals surface area contributed by atoms with Crippen LogP contribution >= 0.6 is 0 Å². The lowest BCUT2D eigenvalue weighted by Gasteiger charge is -2.18. The highest BCUT2D eigenvalue weighted by Gasteiger charge is 2.45. The average molecular weight is 279 g/mol. The summed E-state index contributed by atoms with van der Waals surface area (Å²) in [5.74, 6) is 0. The number of aryl methyl sites for hydroxylation is 1. The minimum absolute atomic E-state index is 0.625. The molecule has 0 bridgehead atoms. The monoisotopic (exact) mass is 279 g/mol. The minimum Gasteiger partial charge on any atom is -0.391 e. The number of hydrogen-bond acceptors (Lipinski definition) is 6. The molecule has 108 valence electrons. The highest BCUT2D eigenvalue weighted by Crippen LogP contribution is 2.33. The van der Waals surface area contributed by atoms with Crippen LogP contribution in [-0.4, -0.2) is 54.3 Å². The van der Waals surface area contributed by atoms with E-state index in [0.29, 0.717) is 5.65 Å². The molecule has 1 fully saturated rings. The van der Waals surface area contributed by atoms with Gasteiger partial charge in [-0.25, -0.2) is 9.97 Å². The van der Waals surface area contributed by atoms with Crippen molar-refractivity contribution in [2.24, 2.45) is 0 Å². The number of nitrogens with zero attached hydrogens (tertiary/aromatic N) is 3. The lowest BCUT2D eigenvalue weighted by Crippen LogP contribution is -2.37. The largest absolute Gasteiger partial charge is 0.391 e. The summed E-state index contributed by atoms with van der Waals surface area (Å²) in [7, 11) is 0. The van der Waals surface area contributed by atoms with Crippen LogP contribution in [0.3, 0.4) is 0 Å². The number of rotatable bonds is 2. The average Bonchev–Trinajstić information content (AvgIpc) is 2.94. The van der Waals surface area contributed by atoms with Crippen LogP contribution in [-0.2, 0) is 4.74 Å². The minimum atomic E-state index is -1.14. The summed E-state index contributed by atoms with van der Waals surface area (Å²) in [4.78, 5) is 8.30. The zero-order chi connectivity index (χ0) is 14.4. The maximum absolute atomic E-state index is 10.1. The first-order valence-corrected chi connectivity index (χ1v) is 6.48. The number of aliphatic hydroxyl groups is 3. The molecule has 3 heterocycles. The molecule has 1 saturated heterocycles. The summed E-state index contributed by atoms with van der Waals surface area (Å²) >= 11 is 0. The molecule has 1 aliphatic heterocycles.